The van der Waals surface area contributed by atoms with E-state index in [-0.39, 0.29) is 12.4 Å². The van der Waals surface area contributed by atoms with Gasteiger partial charge in [0.1, 0.15) is 18.1 Å². The SMILES string of the molecule is FC(F)(F)Oc1ccc(OCc2ccc(Br)cc2Cl)cc1. The van der Waals surface area contributed by atoms with Gasteiger partial charge in [0.05, 0.1) is 0 Å². The smallest absolute Gasteiger partial charge is 0.489 e. The normalized spacial score (nSPS) is 11.3. The fourth-order valence-electron chi connectivity index (χ4n) is 1.54. The van der Waals surface area contributed by atoms with E-state index < -0.39 is 6.36 Å². The molecule has 0 aromatic heterocycles. The molecule has 0 bridgehead atoms. The van der Waals surface area contributed by atoms with Gasteiger partial charge in [0.25, 0.3) is 0 Å². The van der Waals surface area contributed by atoms with Crippen LogP contribution in [-0.2, 0) is 6.61 Å². The quantitative estimate of drug-likeness (QED) is 0.688. The topological polar surface area (TPSA) is 18.5 Å². The van der Waals surface area contributed by atoms with Gasteiger partial charge in [0, 0.05) is 15.1 Å². The first-order valence-corrected chi connectivity index (χ1v) is 6.93. The van der Waals surface area contributed by atoms with Crippen molar-refractivity contribution in [3.05, 3.63) is 57.5 Å². The molecule has 2 aromatic rings. The fraction of sp³-hybridized carbons (Fsp3) is 0.143. The van der Waals surface area contributed by atoms with Crippen LogP contribution in [0.4, 0.5) is 13.2 Å². The Hall–Kier alpha value is -1.40. The second-order valence-corrected chi connectivity index (χ2v) is 5.37. The van der Waals surface area contributed by atoms with Crippen LogP contribution in [0.15, 0.2) is 46.9 Å². The minimum atomic E-state index is -4.70. The van der Waals surface area contributed by atoms with E-state index in [9.17, 15) is 13.2 Å². The summed E-state index contributed by atoms with van der Waals surface area (Å²) in [6.07, 6.45) is -4.70. The Morgan fingerprint density at radius 3 is 2.19 bits per heavy atom. The molecule has 0 N–H and O–H groups in total. The minimum Gasteiger partial charge on any atom is -0.489 e. The highest BCUT2D eigenvalue weighted by molar-refractivity contribution is 9.10. The molecule has 112 valence electrons. The van der Waals surface area contributed by atoms with E-state index in [1.807, 2.05) is 6.07 Å². The average Bonchev–Trinajstić information content (AvgIpc) is 2.38. The van der Waals surface area contributed by atoms with Gasteiger partial charge in [-0.25, -0.2) is 0 Å². The molecule has 0 aliphatic carbocycles. The molecule has 2 rings (SSSR count). The summed E-state index contributed by atoms with van der Waals surface area (Å²) in [7, 11) is 0. The number of ether oxygens (including phenoxy) is 2. The van der Waals surface area contributed by atoms with E-state index in [2.05, 4.69) is 20.7 Å². The molecule has 0 amide bonds. The van der Waals surface area contributed by atoms with Crippen LogP contribution in [0.5, 0.6) is 11.5 Å². The van der Waals surface area contributed by atoms with Crippen molar-refractivity contribution >= 4 is 27.5 Å². The molecule has 0 saturated heterocycles. The fourth-order valence-corrected chi connectivity index (χ4v) is 2.27. The second kappa shape index (κ2) is 6.58. The molecule has 0 radical (unpaired) electrons. The molecule has 2 nitrogen and oxygen atoms in total. The summed E-state index contributed by atoms with van der Waals surface area (Å²) in [5.41, 5.74) is 0.774. The van der Waals surface area contributed by atoms with Crippen molar-refractivity contribution in [1.29, 1.82) is 0 Å². The van der Waals surface area contributed by atoms with Crippen molar-refractivity contribution < 1.29 is 22.6 Å². The van der Waals surface area contributed by atoms with E-state index >= 15 is 0 Å². The van der Waals surface area contributed by atoms with E-state index in [0.29, 0.717) is 10.8 Å². The van der Waals surface area contributed by atoms with Crippen molar-refractivity contribution in [3.63, 3.8) is 0 Å². The summed E-state index contributed by atoms with van der Waals surface area (Å²) in [5.74, 6) is 0.125. The highest BCUT2D eigenvalue weighted by Crippen LogP contribution is 2.26. The Labute approximate surface area is 132 Å². The Morgan fingerprint density at radius 2 is 1.62 bits per heavy atom. The summed E-state index contributed by atoms with van der Waals surface area (Å²) in [6.45, 7) is 0.214. The van der Waals surface area contributed by atoms with Gasteiger partial charge in [-0.05, 0) is 36.4 Å². The zero-order chi connectivity index (χ0) is 15.5. The van der Waals surface area contributed by atoms with Gasteiger partial charge in [0.2, 0.25) is 0 Å². The zero-order valence-corrected chi connectivity index (χ0v) is 12.8. The van der Waals surface area contributed by atoms with Gasteiger partial charge in [-0.3, -0.25) is 0 Å². The summed E-state index contributed by atoms with van der Waals surface area (Å²) in [6, 6.07) is 10.5. The van der Waals surface area contributed by atoms with Crippen LogP contribution in [0.3, 0.4) is 0 Å². The maximum Gasteiger partial charge on any atom is 0.573 e. The molecule has 0 spiro atoms. The second-order valence-electron chi connectivity index (χ2n) is 4.04. The van der Waals surface area contributed by atoms with Crippen molar-refractivity contribution in [2.75, 3.05) is 0 Å². The summed E-state index contributed by atoms with van der Waals surface area (Å²) in [4.78, 5) is 0. The molecule has 0 heterocycles. The van der Waals surface area contributed by atoms with Crippen molar-refractivity contribution in [2.24, 2.45) is 0 Å². The number of hydrogen-bond donors (Lipinski definition) is 0. The van der Waals surface area contributed by atoms with Crippen LogP contribution >= 0.6 is 27.5 Å². The van der Waals surface area contributed by atoms with Crippen LogP contribution in [0.2, 0.25) is 5.02 Å². The van der Waals surface area contributed by atoms with Gasteiger partial charge in [0.15, 0.2) is 0 Å². The molecular formula is C14H9BrClF3O2. The first-order valence-electron chi connectivity index (χ1n) is 5.76. The van der Waals surface area contributed by atoms with Gasteiger partial charge in [-0.15, -0.1) is 13.2 Å². The van der Waals surface area contributed by atoms with Gasteiger partial charge >= 0.3 is 6.36 Å². The van der Waals surface area contributed by atoms with Gasteiger partial charge < -0.3 is 9.47 Å². The lowest BCUT2D eigenvalue weighted by molar-refractivity contribution is -0.274. The zero-order valence-electron chi connectivity index (χ0n) is 10.5. The molecule has 0 atom stereocenters. The third kappa shape index (κ3) is 5.13. The highest BCUT2D eigenvalue weighted by Gasteiger charge is 2.30. The standard InChI is InChI=1S/C14H9BrClF3O2/c15-10-2-1-9(13(16)7-10)8-20-11-3-5-12(6-4-11)21-14(17,18)19/h1-7H,8H2. The predicted molar refractivity (Wildman–Crippen MR) is 76.6 cm³/mol. The maximum absolute atomic E-state index is 12.0. The molecule has 0 fully saturated rings. The van der Waals surface area contributed by atoms with Crippen LogP contribution in [0.1, 0.15) is 5.56 Å². The predicted octanol–water partition coefficient (Wildman–Crippen LogP) is 5.58. The van der Waals surface area contributed by atoms with E-state index in [4.69, 9.17) is 16.3 Å². The van der Waals surface area contributed by atoms with Crippen LogP contribution in [0.25, 0.3) is 0 Å². The number of hydrogen-bond acceptors (Lipinski definition) is 2. The van der Waals surface area contributed by atoms with E-state index in [0.717, 1.165) is 10.0 Å². The molecule has 0 aliphatic heterocycles. The monoisotopic (exact) mass is 380 g/mol. The van der Waals surface area contributed by atoms with Crippen LogP contribution < -0.4 is 9.47 Å². The van der Waals surface area contributed by atoms with E-state index in [1.54, 1.807) is 12.1 Å². The molecule has 7 heteroatoms. The maximum atomic E-state index is 12.0. The van der Waals surface area contributed by atoms with Gasteiger partial charge in [-0.2, -0.15) is 0 Å². The summed E-state index contributed by atoms with van der Waals surface area (Å²) >= 11 is 9.33. The molecule has 21 heavy (non-hydrogen) atoms. The van der Waals surface area contributed by atoms with Crippen LogP contribution in [0, 0.1) is 0 Å². The van der Waals surface area contributed by atoms with Crippen molar-refractivity contribution in [2.45, 2.75) is 13.0 Å². The molecular weight excluding hydrogens is 373 g/mol. The van der Waals surface area contributed by atoms with E-state index in [1.165, 1.54) is 24.3 Å². The lowest BCUT2D eigenvalue weighted by Crippen LogP contribution is -2.16. The average molecular weight is 382 g/mol. The lowest BCUT2D eigenvalue weighted by Gasteiger charge is -2.11. The Bertz CT molecular complexity index is 615. The Morgan fingerprint density at radius 1 is 1.00 bits per heavy atom. The lowest BCUT2D eigenvalue weighted by atomic mass is 10.2. The summed E-state index contributed by atoms with van der Waals surface area (Å²) in [5, 5.41) is 0.543. The highest BCUT2D eigenvalue weighted by atomic mass is 79.9. The molecule has 2 aromatic carbocycles. The van der Waals surface area contributed by atoms with Crippen LogP contribution in [-0.4, -0.2) is 6.36 Å². The number of halogens is 5. The number of benzene rings is 2. The Kier molecular flexibility index (Phi) is 5.00. The first kappa shape index (κ1) is 16.0. The molecule has 0 saturated carbocycles. The third-order valence-electron chi connectivity index (χ3n) is 2.47. The molecule has 0 unspecified atom stereocenters. The van der Waals surface area contributed by atoms with Gasteiger partial charge in [-0.1, -0.05) is 33.6 Å². The molecule has 0 aliphatic rings. The number of alkyl halides is 3. The van der Waals surface area contributed by atoms with Crippen molar-refractivity contribution in [3.8, 4) is 11.5 Å². The number of rotatable bonds is 4. The first-order chi connectivity index (χ1) is 9.83. The minimum absolute atomic E-state index is 0.214. The Balaban J connectivity index is 1.97. The largest absolute Gasteiger partial charge is 0.573 e. The third-order valence-corrected chi connectivity index (χ3v) is 3.31. The van der Waals surface area contributed by atoms with Crippen molar-refractivity contribution in [1.82, 2.24) is 0 Å². The summed E-state index contributed by atoms with van der Waals surface area (Å²) < 4.78 is 46.1.